The standard InChI is InChI=1S/C32H32N6O4S/c1-2-15-42-30-11-10-24(43(40,41)38-14-6-9-23(20-38)12-13-33)16-26(30)31-35-27-18-28-29(17-25(27)32(39)36-31)37(21-34-28)19-22-7-4-3-5-8-22/h3-11,14,16-18,21H,2,12-13,15,19-20,33H2,1H3,(H,35,36,39). The maximum atomic E-state index is 13.7. The van der Waals surface area contributed by atoms with E-state index in [-0.39, 0.29) is 22.8 Å². The van der Waals surface area contributed by atoms with E-state index in [4.69, 9.17) is 15.5 Å². The molecule has 3 heterocycles. The maximum Gasteiger partial charge on any atom is 0.264 e. The fourth-order valence-corrected chi connectivity index (χ4v) is 6.49. The maximum absolute atomic E-state index is 13.7. The molecule has 3 N–H and O–H groups in total. The second-order valence-corrected chi connectivity index (χ2v) is 12.3. The lowest BCUT2D eigenvalue weighted by Crippen LogP contribution is -2.30. The molecule has 0 saturated carbocycles. The molecule has 1 aliphatic rings. The number of rotatable bonds is 10. The summed E-state index contributed by atoms with van der Waals surface area (Å²) in [6.07, 6.45) is 8.23. The Balaban J connectivity index is 1.41. The molecule has 220 valence electrons. The van der Waals surface area contributed by atoms with Gasteiger partial charge in [-0.05, 0) is 66.9 Å². The van der Waals surface area contributed by atoms with Gasteiger partial charge >= 0.3 is 0 Å². The number of nitrogens with two attached hydrogens (primary N) is 1. The lowest BCUT2D eigenvalue weighted by atomic mass is 10.1. The minimum atomic E-state index is -3.91. The third-order valence-electron chi connectivity index (χ3n) is 7.33. The number of imidazole rings is 1. The number of fused-ring (bicyclic) bond motifs is 2. The number of ether oxygens (including phenoxy) is 1. The molecule has 2 aromatic heterocycles. The van der Waals surface area contributed by atoms with Crippen LogP contribution in [0.2, 0.25) is 0 Å². The Morgan fingerprint density at radius 3 is 2.70 bits per heavy atom. The quantitative estimate of drug-likeness (QED) is 0.241. The van der Waals surface area contributed by atoms with Gasteiger partial charge in [-0.15, -0.1) is 0 Å². The second-order valence-electron chi connectivity index (χ2n) is 10.4. The SMILES string of the molecule is CCCOc1ccc(S(=O)(=O)N2C=CC=C(CCN)C2)cc1-c1nc2cc3ncn(Cc4ccccc4)c3cc2c(=O)[nH]1. The highest BCUT2D eigenvalue weighted by Crippen LogP contribution is 2.33. The van der Waals surface area contributed by atoms with Gasteiger partial charge in [0, 0.05) is 12.7 Å². The molecule has 6 rings (SSSR count). The van der Waals surface area contributed by atoms with Gasteiger partial charge in [0.15, 0.2) is 0 Å². The van der Waals surface area contributed by atoms with E-state index in [1.54, 1.807) is 30.6 Å². The highest BCUT2D eigenvalue weighted by atomic mass is 32.2. The van der Waals surface area contributed by atoms with E-state index in [1.807, 2.05) is 47.9 Å². The number of benzene rings is 3. The van der Waals surface area contributed by atoms with Crippen molar-refractivity contribution >= 4 is 32.0 Å². The van der Waals surface area contributed by atoms with Gasteiger partial charge in [0.05, 0.1) is 51.9 Å². The van der Waals surface area contributed by atoms with Crippen molar-refractivity contribution in [2.24, 2.45) is 5.73 Å². The lowest BCUT2D eigenvalue weighted by Gasteiger charge is -2.24. The zero-order valence-corrected chi connectivity index (χ0v) is 24.5. The smallest absolute Gasteiger partial charge is 0.264 e. The summed E-state index contributed by atoms with van der Waals surface area (Å²) < 4.78 is 36.6. The molecule has 0 aliphatic carbocycles. The summed E-state index contributed by atoms with van der Waals surface area (Å²) in [7, 11) is -3.91. The zero-order valence-electron chi connectivity index (χ0n) is 23.7. The summed E-state index contributed by atoms with van der Waals surface area (Å²) in [5.74, 6) is 0.635. The van der Waals surface area contributed by atoms with E-state index in [9.17, 15) is 13.2 Å². The summed E-state index contributed by atoms with van der Waals surface area (Å²) in [6, 6.07) is 18.2. The van der Waals surface area contributed by atoms with E-state index in [0.717, 1.165) is 23.1 Å². The number of aromatic nitrogens is 4. The van der Waals surface area contributed by atoms with E-state index < -0.39 is 10.0 Å². The van der Waals surface area contributed by atoms with Gasteiger partial charge in [-0.2, -0.15) is 0 Å². The van der Waals surface area contributed by atoms with E-state index in [1.165, 1.54) is 22.6 Å². The molecule has 0 saturated heterocycles. The van der Waals surface area contributed by atoms with Crippen LogP contribution in [-0.4, -0.2) is 51.9 Å². The molecule has 0 unspecified atom stereocenters. The van der Waals surface area contributed by atoms with E-state index >= 15 is 0 Å². The first kappa shape index (κ1) is 28.4. The molecule has 3 aromatic carbocycles. The molecule has 1 aliphatic heterocycles. The van der Waals surface area contributed by atoms with Crippen LogP contribution in [0.4, 0.5) is 0 Å². The van der Waals surface area contributed by atoms with Crippen LogP contribution in [0.5, 0.6) is 5.75 Å². The number of hydrogen-bond acceptors (Lipinski definition) is 7. The fraction of sp³-hybridized carbons (Fsp3) is 0.219. The molecule has 0 atom stereocenters. The molecule has 0 bridgehead atoms. The van der Waals surface area contributed by atoms with Gasteiger partial charge in [-0.3, -0.25) is 9.10 Å². The predicted molar refractivity (Wildman–Crippen MR) is 167 cm³/mol. The van der Waals surface area contributed by atoms with Crippen LogP contribution in [0.15, 0.2) is 101 Å². The number of aromatic amines is 1. The third kappa shape index (κ3) is 5.69. The molecule has 0 fully saturated rings. The van der Waals surface area contributed by atoms with Gasteiger partial charge in [0.2, 0.25) is 0 Å². The molecule has 43 heavy (non-hydrogen) atoms. The Hall–Kier alpha value is -4.74. The van der Waals surface area contributed by atoms with Crippen LogP contribution in [0.25, 0.3) is 33.3 Å². The fourth-order valence-electron chi connectivity index (χ4n) is 5.15. The van der Waals surface area contributed by atoms with Crippen molar-refractivity contribution in [3.8, 4) is 17.1 Å². The second kappa shape index (κ2) is 11.9. The topological polar surface area (TPSA) is 136 Å². The summed E-state index contributed by atoms with van der Waals surface area (Å²) in [5, 5.41) is 0.406. The summed E-state index contributed by atoms with van der Waals surface area (Å²) in [4.78, 5) is 25.7. The van der Waals surface area contributed by atoms with Gasteiger partial charge in [-0.1, -0.05) is 43.3 Å². The van der Waals surface area contributed by atoms with Crippen molar-refractivity contribution in [1.29, 1.82) is 0 Å². The monoisotopic (exact) mass is 596 g/mol. The van der Waals surface area contributed by atoms with Crippen molar-refractivity contribution < 1.29 is 13.2 Å². The normalized spacial score (nSPS) is 13.5. The molecule has 10 nitrogen and oxygen atoms in total. The molecule has 0 amide bonds. The van der Waals surface area contributed by atoms with Crippen LogP contribution in [0.3, 0.4) is 0 Å². The lowest BCUT2D eigenvalue weighted by molar-refractivity contribution is 0.318. The van der Waals surface area contributed by atoms with Gasteiger partial charge in [-0.25, -0.2) is 18.4 Å². The molecular formula is C32H32N6O4S. The largest absolute Gasteiger partial charge is 0.493 e. The molecule has 0 spiro atoms. The van der Waals surface area contributed by atoms with Crippen LogP contribution >= 0.6 is 0 Å². The molecule has 5 aromatic rings. The van der Waals surface area contributed by atoms with Crippen LogP contribution < -0.4 is 16.0 Å². The Labute approximate surface area is 249 Å². The van der Waals surface area contributed by atoms with Crippen LogP contribution in [0.1, 0.15) is 25.3 Å². The number of H-pyrrole nitrogens is 1. The Morgan fingerprint density at radius 1 is 1.07 bits per heavy atom. The Morgan fingerprint density at radius 2 is 1.91 bits per heavy atom. The Bertz CT molecular complexity index is 2030. The van der Waals surface area contributed by atoms with Crippen molar-refractivity contribution in [3.05, 3.63) is 107 Å². The van der Waals surface area contributed by atoms with E-state index in [0.29, 0.717) is 53.8 Å². The first-order chi connectivity index (χ1) is 20.9. The highest BCUT2D eigenvalue weighted by Gasteiger charge is 2.26. The number of sulfonamides is 1. The first-order valence-electron chi connectivity index (χ1n) is 14.2. The summed E-state index contributed by atoms with van der Waals surface area (Å²) >= 11 is 0. The van der Waals surface area contributed by atoms with E-state index in [2.05, 4.69) is 9.97 Å². The highest BCUT2D eigenvalue weighted by molar-refractivity contribution is 7.89. The van der Waals surface area contributed by atoms with Crippen molar-refractivity contribution in [2.45, 2.75) is 31.2 Å². The van der Waals surface area contributed by atoms with Gasteiger partial charge < -0.3 is 20.0 Å². The number of nitrogens with one attached hydrogen (secondary N) is 1. The minimum absolute atomic E-state index is 0.0582. The zero-order chi connectivity index (χ0) is 30.0. The third-order valence-corrected chi connectivity index (χ3v) is 9.04. The van der Waals surface area contributed by atoms with Gasteiger partial charge in [0.25, 0.3) is 15.6 Å². The van der Waals surface area contributed by atoms with Gasteiger partial charge in [0.1, 0.15) is 11.6 Å². The molecule has 0 radical (unpaired) electrons. The average Bonchev–Trinajstić information content (AvgIpc) is 3.41. The minimum Gasteiger partial charge on any atom is -0.493 e. The van der Waals surface area contributed by atoms with Crippen LogP contribution in [-0.2, 0) is 16.6 Å². The Kier molecular flexibility index (Phi) is 7.83. The van der Waals surface area contributed by atoms with Crippen molar-refractivity contribution in [2.75, 3.05) is 19.7 Å². The van der Waals surface area contributed by atoms with Crippen molar-refractivity contribution in [3.63, 3.8) is 0 Å². The van der Waals surface area contributed by atoms with Crippen molar-refractivity contribution in [1.82, 2.24) is 23.8 Å². The number of nitrogens with zero attached hydrogens (tertiary/aromatic N) is 4. The average molecular weight is 597 g/mol. The van der Waals surface area contributed by atoms with Crippen LogP contribution in [0, 0.1) is 0 Å². The molecule has 11 heteroatoms. The number of hydrogen-bond donors (Lipinski definition) is 2. The molecular weight excluding hydrogens is 564 g/mol. The summed E-state index contributed by atoms with van der Waals surface area (Å²) in [6.45, 7) is 3.66. The summed E-state index contributed by atoms with van der Waals surface area (Å²) in [5.41, 5.74) is 9.72. The predicted octanol–water partition coefficient (Wildman–Crippen LogP) is 4.57. The first-order valence-corrected chi connectivity index (χ1v) is 15.6. The number of allylic oxidation sites excluding steroid dienone is 2.